The van der Waals surface area contributed by atoms with Gasteiger partial charge >= 0.3 is 0 Å². The number of fused-ring (bicyclic) bond motifs is 1. The zero-order chi connectivity index (χ0) is 18.8. The number of amides is 1. The highest BCUT2D eigenvalue weighted by molar-refractivity contribution is 5.84. The molecular weight excluding hydrogens is 342 g/mol. The van der Waals surface area contributed by atoms with E-state index in [1.165, 1.54) is 10.9 Å². The van der Waals surface area contributed by atoms with Crippen LogP contribution < -0.4 is 10.6 Å². The van der Waals surface area contributed by atoms with E-state index in [1.54, 1.807) is 6.92 Å². The van der Waals surface area contributed by atoms with Crippen LogP contribution in [0.1, 0.15) is 25.9 Å². The van der Waals surface area contributed by atoms with Crippen LogP contribution in [0.25, 0.3) is 11.2 Å². The second-order valence-electron chi connectivity index (χ2n) is 5.69. The molecule has 0 aliphatic carbocycles. The summed E-state index contributed by atoms with van der Waals surface area (Å²) in [4.78, 5) is 24.4. The predicted octanol–water partition coefficient (Wildman–Crippen LogP) is -1.11. The summed E-state index contributed by atoms with van der Waals surface area (Å²) in [5.74, 6) is -0.226. The maximum Gasteiger partial charge on any atom is 0.252 e. The van der Waals surface area contributed by atoms with Gasteiger partial charge in [-0.2, -0.15) is 15.2 Å². The number of likely N-dealkylation sites (N-methyl/N-ethyl adjacent to an activating group) is 1. The quantitative estimate of drug-likeness (QED) is 0.518. The Balaban J connectivity index is 2.02. The number of rotatable bonds is 5. The monoisotopic (exact) mass is 361 g/mol. The fourth-order valence-electron chi connectivity index (χ4n) is 2.82. The van der Waals surface area contributed by atoms with E-state index in [0.717, 1.165) is 0 Å². The number of carbonyl (C=O) groups excluding carboxylic acids is 1. The molecule has 2 aromatic heterocycles. The maximum atomic E-state index is 12.0. The third kappa shape index (κ3) is 2.94. The number of carbonyl (C=O) groups is 1. The SMILES string of the molecule is CCNC(=O)[C@H]1O[C@@H](n2cnc3c(NCC)nc(C#N)nc32)[C@H](O)[C@@H]1O. The van der Waals surface area contributed by atoms with E-state index in [-0.39, 0.29) is 11.5 Å². The lowest BCUT2D eigenvalue weighted by atomic mass is 10.1. The molecule has 0 radical (unpaired) electrons. The van der Waals surface area contributed by atoms with Crippen LogP contribution in [-0.2, 0) is 9.53 Å². The van der Waals surface area contributed by atoms with Gasteiger partial charge in [0.05, 0.1) is 6.33 Å². The average Bonchev–Trinajstić information content (AvgIpc) is 3.17. The van der Waals surface area contributed by atoms with Crippen molar-refractivity contribution in [1.82, 2.24) is 24.8 Å². The summed E-state index contributed by atoms with van der Waals surface area (Å²) in [6, 6.07) is 1.87. The highest BCUT2D eigenvalue weighted by Gasteiger charge is 2.47. The molecule has 4 N–H and O–H groups in total. The predicted molar refractivity (Wildman–Crippen MR) is 88.8 cm³/mol. The van der Waals surface area contributed by atoms with Crippen LogP contribution in [-0.4, -0.2) is 67.0 Å². The fraction of sp³-hybridized carbons (Fsp3) is 0.533. The van der Waals surface area contributed by atoms with Gasteiger partial charge in [0.2, 0.25) is 5.82 Å². The number of ether oxygens (including phenoxy) is 1. The average molecular weight is 361 g/mol. The number of aliphatic hydroxyl groups is 2. The highest BCUT2D eigenvalue weighted by Crippen LogP contribution is 2.32. The maximum absolute atomic E-state index is 12.0. The molecule has 4 atom stereocenters. The molecule has 11 heteroatoms. The van der Waals surface area contributed by atoms with Crippen molar-refractivity contribution in [3.63, 3.8) is 0 Å². The molecule has 1 aliphatic rings. The van der Waals surface area contributed by atoms with Crippen LogP contribution in [0.5, 0.6) is 0 Å². The molecule has 0 spiro atoms. The molecule has 0 aromatic carbocycles. The van der Waals surface area contributed by atoms with Crippen molar-refractivity contribution in [2.45, 2.75) is 38.4 Å². The molecule has 1 amide bonds. The van der Waals surface area contributed by atoms with Crippen molar-refractivity contribution in [3.05, 3.63) is 12.2 Å². The smallest absolute Gasteiger partial charge is 0.252 e. The van der Waals surface area contributed by atoms with Gasteiger partial charge in [-0.15, -0.1) is 0 Å². The van der Waals surface area contributed by atoms with E-state index in [0.29, 0.717) is 24.4 Å². The number of nitrogens with zero attached hydrogens (tertiary/aromatic N) is 5. The molecule has 1 aliphatic heterocycles. The van der Waals surface area contributed by atoms with Gasteiger partial charge in [-0.25, -0.2) is 4.98 Å². The Morgan fingerprint density at radius 2 is 2.12 bits per heavy atom. The van der Waals surface area contributed by atoms with E-state index in [4.69, 9.17) is 10.00 Å². The van der Waals surface area contributed by atoms with Gasteiger partial charge in [0.1, 0.15) is 18.3 Å². The summed E-state index contributed by atoms with van der Waals surface area (Å²) < 4.78 is 6.95. The molecular formula is C15H19N7O4. The Bertz CT molecular complexity index is 862. The zero-order valence-electron chi connectivity index (χ0n) is 14.2. The topological polar surface area (TPSA) is 158 Å². The number of nitrogens with one attached hydrogen (secondary N) is 2. The van der Waals surface area contributed by atoms with Crippen molar-refractivity contribution in [1.29, 1.82) is 5.26 Å². The molecule has 3 heterocycles. The Labute approximate surface area is 148 Å². The largest absolute Gasteiger partial charge is 0.387 e. The van der Waals surface area contributed by atoms with Crippen LogP contribution >= 0.6 is 0 Å². The van der Waals surface area contributed by atoms with Gasteiger partial charge in [-0.3, -0.25) is 9.36 Å². The number of hydrogen-bond donors (Lipinski definition) is 4. The van der Waals surface area contributed by atoms with E-state index in [9.17, 15) is 15.0 Å². The minimum Gasteiger partial charge on any atom is -0.387 e. The van der Waals surface area contributed by atoms with Crippen LogP contribution in [0, 0.1) is 11.3 Å². The van der Waals surface area contributed by atoms with Gasteiger partial charge < -0.3 is 25.6 Å². The van der Waals surface area contributed by atoms with Crippen molar-refractivity contribution in [3.8, 4) is 6.07 Å². The van der Waals surface area contributed by atoms with Crippen molar-refractivity contribution >= 4 is 22.9 Å². The molecule has 1 saturated heterocycles. The minimum absolute atomic E-state index is 0.0801. The van der Waals surface area contributed by atoms with Crippen LogP contribution in [0.2, 0.25) is 0 Å². The normalized spacial score (nSPS) is 25.2. The second-order valence-corrected chi connectivity index (χ2v) is 5.69. The van der Waals surface area contributed by atoms with E-state index >= 15 is 0 Å². The van der Waals surface area contributed by atoms with Gasteiger partial charge in [0.15, 0.2) is 29.3 Å². The van der Waals surface area contributed by atoms with Gasteiger partial charge in [0.25, 0.3) is 5.91 Å². The van der Waals surface area contributed by atoms with Gasteiger partial charge in [0, 0.05) is 13.1 Å². The number of nitriles is 1. The summed E-state index contributed by atoms with van der Waals surface area (Å²) in [6.45, 7) is 4.53. The molecule has 0 bridgehead atoms. The third-order valence-electron chi connectivity index (χ3n) is 3.99. The van der Waals surface area contributed by atoms with E-state index < -0.39 is 30.4 Å². The minimum atomic E-state index is -1.41. The Hall–Kier alpha value is -2.81. The summed E-state index contributed by atoms with van der Waals surface area (Å²) in [5, 5.41) is 35.2. The van der Waals surface area contributed by atoms with Crippen LogP contribution in [0.4, 0.5) is 5.82 Å². The molecule has 138 valence electrons. The summed E-state index contributed by atoms with van der Waals surface area (Å²) in [7, 11) is 0. The van der Waals surface area contributed by atoms with Crippen LogP contribution in [0.3, 0.4) is 0 Å². The fourth-order valence-corrected chi connectivity index (χ4v) is 2.82. The first kappa shape index (κ1) is 18.0. The highest BCUT2D eigenvalue weighted by atomic mass is 16.6. The zero-order valence-corrected chi connectivity index (χ0v) is 14.2. The van der Waals surface area contributed by atoms with Crippen LogP contribution in [0.15, 0.2) is 6.33 Å². The summed E-state index contributed by atoms with van der Waals surface area (Å²) >= 11 is 0. The van der Waals surface area contributed by atoms with Crippen molar-refractivity contribution < 1.29 is 19.7 Å². The third-order valence-corrected chi connectivity index (χ3v) is 3.99. The first-order valence-corrected chi connectivity index (χ1v) is 8.19. The molecule has 2 aromatic rings. The second kappa shape index (κ2) is 7.20. The lowest BCUT2D eigenvalue weighted by molar-refractivity contribution is -0.137. The molecule has 0 saturated carbocycles. The molecule has 1 fully saturated rings. The number of aromatic nitrogens is 4. The Morgan fingerprint density at radius 3 is 2.77 bits per heavy atom. The Morgan fingerprint density at radius 1 is 1.35 bits per heavy atom. The van der Waals surface area contributed by atoms with Gasteiger partial charge in [-0.1, -0.05) is 0 Å². The molecule has 0 unspecified atom stereocenters. The molecule has 26 heavy (non-hydrogen) atoms. The number of anilines is 1. The first-order chi connectivity index (χ1) is 12.5. The number of imidazole rings is 1. The van der Waals surface area contributed by atoms with E-state index in [2.05, 4.69) is 25.6 Å². The number of aliphatic hydroxyl groups excluding tert-OH is 2. The molecule has 11 nitrogen and oxygen atoms in total. The lowest BCUT2D eigenvalue weighted by Gasteiger charge is -2.16. The van der Waals surface area contributed by atoms with Gasteiger partial charge in [-0.05, 0) is 13.8 Å². The molecule has 3 rings (SSSR count). The summed E-state index contributed by atoms with van der Waals surface area (Å²) in [5.41, 5.74) is 0.637. The Kier molecular flexibility index (Phi) is 4.99. The number of hydrogen-bond acceptors (Lipinski definition) is 9. The lowest BCUT2D eigenvalue weighted by Crippen LogP contribution is -2.42. The summed E-state index contributed by atoms with van der Waals surface area (Å²) in [6.07, 6.45) is -3.73. The van der Waals surface area contributed by atoms with E-state index in [1.807, 2.05) is 13.0 Å². The standard InChI is InChI=1S/C15H19N7O4/c1-3-17-12-8-13(21-7(5-16)20-12)22(6-19-8)15-10(24)9(23)11(26-15)14(25)18-4-2/h6,9-11,15,23-24H,3-4H2,1-2H3,(H,18,25)(H,17,20,21)/t9-,10+,11-,15+/m0/s1. The van der Waals surface area contributed by atoms with Crippen molar-refractivity contribution in [2.75, 3.05) is 18.4 Å². The van der Waals surface area contributed by atoms with Crippen molar-refractivity contribution in [2.24, 2.45) is 0 Å². The first-order valence-electron chi connectivity index (χ1n) is 8.19.